The van der Waals surface area contributed by atoms with E-state index in [1.54, 1.807) is 24.5 Å². The van der Waals surface area contributed by atoms with Crippen LogP contribution in [0.3, 0.4) is 0 Å². The van der Waals surface area contributed by atoms with Crippen molar-refractivity contribution in [2.24, 2.45) is 5.92 Å². The van der Waals surface area contributed by atoms with Gasteiger partial charge in [-0.25, -0.2) is 4.98 Å². The monoisotopic (exact) mass is 496 g/mol. The lowest BCUT2D eigenvalue weighted by Gasteiger charge is -2.36. The molecule has 1 heterocycles. The van der Waals surface area contributed by atoms with Gasteiger partial charge in [0, 0.05) is 23.0 Å². The number of nitrogens with zero attached hydrogens (tertiary/aromatic N) is 2. The number of ether oxygens (including phenoxy) is 1. The summed E-state index contributed by atoms with van der Waals surface area (Å²) in [5.41, 5.74) is 8.18. The van der Waals surface area contributed by atoms with Crippen LogP contribution in [0.5, 0.6) is 5.75 Å². The normalized spacial score (nSPS) is 22.3. The summed E-state index contributed by atoms with van der Waals surface area (Å²) in [6.45, 7) is 4.62. The van der Waals surface area contributed by atoms with Crippen molar-refractivity contribution in [1.82, 2.24) is 15.2 Å². The number of amides is 1. The van der Waals surface area contributed by atoms with E-state index in [1.165, 1.54) is 55.8 Å². The Kier molecular flexibility index (Phi) is 9.21. The van der Waals surface area contributed by atoms with Gasteiger partial charge in [0.2, 0.25) is 5.91 Å². The van der Waals surface area contributed by atoms with Crippen molar-refractivity contribution in [2.45, 2.75) is 76.8 Å². The molecule has 1 amide bonds. The number of aryl methyl sites for hydroxylation is 1. The average Bonchev–Trinajstić information content (AvgIpc) is 3.25. The van der Waals surface area contributed by atoms with E-state index in [4.69, 9.17) is 10.5 Å². The van der Waals surface area contributed by atoms with Gasteiger partial charge in [-0.15, -0.1) is 11.3 Å². The van der Waals surface area contributed by atoms with E-state index < -0.39 is 0 Å². The van der Waals surface area contributed by atoms with Crippen LogP contribution in [-0.4, -0.2) is 48.1 Å². The Balaban J connectivity index is 1.19. The third-order valence-corrected chi connectivity index (χ3v) is 8.47. The van der Waals surface area contributed by atoms with Crippen LogP contribution in [0.4, 0.5) is 5.13 Å². The average molecular weight is 497 g/mol. The molecule has 2 aromatic rings. The number of nitrogens with one attached hydrogen (secondary N) is 1. The number of carbonyl (C=O) groups is 1. The summed E-state index contributed by atoms with van der Waals surface area (Å²) in [4.78, 5) is 21.0. The number of nitrogen functional groups attached to an aromatic ring is 1. The molecule has 1 fully saturated rings. The number of nitrogens with two attached hydrogens (primary N) is 1. The number of rotatable bonds is 10. The molecule has 0 bridgehead atoms. The lowest BCUT2D eigenvalue weighted by Crippen LogP contribution is -2.41. The van der Waals surface area contributed by atoms with E-state index >= 15 is 0 Å². The number of carbonyl (C=O) groups excluding carboxylic acids is 1. The molecule has 0 radical (unpaired) electrons. The molecule has 1 saturated carbocycles. The molecule has 0 saturated heterocycles. The molecule has 1 unspecified atom stereocenters. The Labute approximate surface area is 214 Å². The highest BCUT2D eigenvalue weighted by atomic mass is 32.1. The van der Waals surface area contributed by atoms with Gasteiger partial charge in [-0.2, -0.15) is 0 Å². The summed E-state index contributed by atoms with van der Waals surface area (Å²) < 4.78 is 5.18. The molecule has 6 nitrogen and oxygen atoms in total. The van der Waals surface area contributed by atoms with E-state index in [2.05, 4.69) is 22.1 Å². The van der Waals surface area contributed by atoms with Crippen molar-refractivity contribution in [3.8, 4) is 5.75 Å². The first-order valence-corrected chi connectivity index (χ1v) is 14.0. The molecule has 190 valence electrons. The highest BCUT2D eigenvalue weighted by Gasteiger charge is 2.28. The Bertz CT molecular complexity index is 979. The quantitative estimate of drug-likeness (QED) is 0.448. The Hall–Kier alpha value is -2.38. The summed E-state index contributed by atoms with van der Waals surface area (Å²) in [5, 5.41) is 3.92. The van der Waals surface area contributed by atoms with Crippen molar-refractivity contribution in [3.63, 3.8) is 0 Å². The topological polar surface area (TPSA) is 80.5 Å². The summed E-state index contributed by atoms with van der Waals surface area (Å²) in [7, 11) is 1.65. The molecule has 1 aromatic heterocycles. The maximum Gasteiger partial charge on any atom is 0.244 e. The summed E-state index contributed by atoms with van der Waals surface area (Å²) in [6.07, 6.45) is 13.9. The summed E-state index contributed by atoms with van der Waals surface area (Å²) in [6, 6.07) is 8.63. The van der Waals surface area contributed by atoms with E-state index in [0.29, 0.717) is 12.1 Å². The van der Waals surface area contributed by atoms with Crippen LogP contribution < -0.4 is 15.8 Å². The number of aromatic nitrogens is 1. The van der Waals surface area contributed by atoms with Gasteiger partial charge in [0.1, 0.15) is 5.75 Å². The lowest BCUT2D eigenvalue weighted by atomic mass is 9.83. The Morgan fingerprint density at radius 1 is 1.20 bits per heavy atom. The van der Waals surface area contributed by atoms with Gasteiger partial charge >= 0.3 is 0 Å². The zero-order chi connectivity index (χ0) is 24.6. The van der Waals surface area contributed by atoms with Crippen LogP contribution in [0, 0.1) is 5.92 Å². The van der Waals surface area contributed by atoms with Crippen LogP contribution in [0.2, 0.25) is 0 Å². The number of anilines is 1. The number of hydrogen-bond acceptors (Lipinski definition) is 6. The first-order chi connectivity index (χ1) is 17.0. The van der Waals surface area contributed by atoms with Gasteiger partial charge in [0.25, 0.3) is 0 Å². The van der Waals surface area contributed by atoms with Crippen molar-refractivity contribution < 1.29 is 9.53 Å². The zero-order valence-electron chi connectivity index (χ0n) is 21.2. The van der Waals surface area contributed by atoms with E-state index in [9.17, 15) is 4.79 Å². The fourth-order valence-corrected chi connectivity index (χ4v) is 6.48. The van der Waals surface area contributed by atoms with E-state index in [0.717, 1.165) is 48.0 Å². The Morgan fingerprint density at radius 2 is 1.97 bits per heavy atom. The van der Waals surface area contributed by atoms with Gasteiger partial charge in [-0.1, -0.05) is 19.1 Å². The van der Waals surface area contributed by atoms with Crippen molar-refractivity contribution in [1.29, 1.82) is 0 Å². The molecule has 2 aliphatic rings. The van der Waals surface area contributed by atoms with Gasteiger partial charge in [-0.3, -0.25) is 4.79 Å². The number of hydrogen-bond donors (Lipinski definition) is 2. The molecule has 2 aliphatic carbocycles. The highest BCUT2D eigenvalue weighted by Crippen LogP contribution is 2.32. The third kappa shape index (κ3) is 7.31. The first-order valence-electron chi connectivity index (χ1n) is 13.1. The van der Waals surface area contributed by atoms with E-state index in [1.807, 2.05) is 30.3 Å². The third-order valence-electron chi connectivity index (χ3n) is 7.52. The second-order valence-corrected chi connectivity index (χ2v) is 11.1. The standard InChI is InChI=1S/C28H40N4O2S/c1-3-17-32(23-11-14-25-26(19-23)35-28(29)31-25)18-16-21-4-9-22(10-5-21)30-27(33)15-8-20-6-12-24(34-2)13-7-20/h6-8,12-13,15,21-23H,3-5,9-11,14,16-19H2,1-2H3,(H2,29,31)(H,30,33). The molecule has 7 heteroatoms. The van der Waals surface area contributed by atoms with Crippen LogP contribution in [0.25, 0.3) is 6.08 Å². The molecular weight excluding hydrogens is 456 g/mol. The lowest BCUT2D eigenvalue weighted by molar-refractivity contribution is -0.117. The van der Waals surface area contributed by atoms with Gasteiger partial charge in [-0.05, 0) is 101 Å². The second kappa shape index (κ2) is 12.5. The van der Waals surface area contributed by atoms with E-state index in [-0.39, 0.29) is 5.91 Å². The predicted molar refractivity (Wildman–Crippen MR) is 145 cm³/mol. The number of thiazole rings is 1. The SMILES string of the molecule is CCCN(CCC1CCC(NC(=O)C=Cc2ccc(OC)cc2)CC1)C1CCc2nc(N)sc2C1. The molecule has 1 atom stereocenters. The smallest absolute Gasteiger partial charge is 0.244 e. The minimum absolute atomic E-state index is 0.00115. The Morgan fingerprint density at radius 3 is 2.69 bits per heavy atom. The van der Waals surface area contributed by atoms with Crippen LogP contribution >= 0.6 is 11.3 Å². The fraction of sp³-hybridized carbons (Fsp3) is 0.571. The molecule has 0 spiro atoms. The zero-order valence-corrected chi connectivity index (χ0v) is 22.0. The second-order valence-electron chi connectivity index (χ2n) is 9.98. The number of fused-ring (bicyclic) bond motifs is 1. The number of benzene rings is 1. The molecule has 35 heavy (non-hydrogen) atoms. The fourth-order valence-electron chi connectivity index (χ4n) is 5.53. The van der Waals surface area contributed by atoms with Gasteiger partial charge in [0.05, 0.1) is 12.8 Å². The van der Waals surface area contributed by atoms with Crippen molar-refractivity contribution in [2.75, 3.05) is 25.9 Å². The predicted octanol–water partition coefficient (Wildman–Crippen LogP) is 5.08. The minimum atomic E-state index is -0.00115. The highest BCUT2D eigenvalue weighted by molar-refractivity contribution is 7.15. The molecule has 1 aromatic carbocycles. The minimum Gasteiger partial charge on any atom is -0.497 e. The summed E-state index contributed by atoms with van der Waals surface area (Å²) in [5.74, 6) is 1.58. The molecule has 0 aliphatic heterocycles. The number of methoxy groups -OCH3 is 1. The van der Waals surface area contributed by atoms with Crippen molar-refractivity contribution in [3.05, 3.63) is 46.5 Å². The van der Waals surface area contributed by atoms with Gasteiger partial charge < -0.3 is 20.7 Å². The van der Waals surface area contributed by atoms with Gasteiger partial charge in [0.15, 0.2) is 5.13 Å². The van der Waals surface area contributed by atoms with Crippen LogP contribution in [-0.2, 0) is 17.6 Å². The molecule has 4 rings (SSSR count). The van der Waals surface area contributed by atoms with Crippen LogP contribution in [0.1, 0.15) is 68.0 Å². The van der Waals surface area contributed by atoms with Crippen molar-refractivity contribution >= 4 is 28.5 Å². The maximum atomic E-state index is 12.4. The summed E-state index contributed by atoms with van der Waals surface area (Å²) >= 11 is 1.68. The molecular formula is C28H40N4O2S. The largest absolute Gasteiger partial charge is 0.497 e. The maximum absolute atomic E-state index is 12.4. The van der Waals surface area contributed by atoms with Crippen LogP contribution in [0.15, 0.2) is 30.3 Å². The first kappa shape index (κ1) is 25.7. The molecule has 3 N–H and O–H groups in total.